The molecule has 0 bridgehead atoms. The smallest absolute Gasteiger partial charge is 0.336 e. The number of para-hydroxylation sites is 1. The second-order valence-corrected chi connectivity index (χ2v) is 5.65. The van der Waals surface area contributed by atoms with E-state index >= 15 is 0 Å². The maximum absolute atomic E-state index is 10.7. The van der Waals surface area contributed by atoms with Gasteiger partial charge in [-0.3, -0.25) is 9.59 Å². The quantitative estimate of drug-likeness (QED) is 0.538. The SMILES string of the molecule is O=C1CCCCCO1.O=C1CCCO1.O=c1ccc2ccccc2o1. The number of esters is 2. The molecule has 0 saturated carbocycles. The van der Waals surface area contributed by atoms with Gasteiger partial charge in [-0.05, 0) is 37.8 Å². The maximum Gasteiger partial charge on any atom is 0.336 e. The average molecular weight is 346 g/mol. The second-order valence-electron chi connectivity index (χ2n) is 5.65. The average Bonchev–Trinajstić information content (AvgIpc) is 2.97. The van der Waals surface area contributed by atoms with E-state index in [-0.39, 0.29) is 17.6 Å². The Labute approximate surface area is 145 Å². The minimum Gasteiger partial charge on any atom is -0.466 e. The predicted octanol–water partition coefficient (Wildman–Crippen LogP) is 3.22. The number of carbonyl (C=O) groups is 2. The number of fused-ring (bicyclic) bond motifs is 1. The molecule has 6 nitrogen and oxygen atoms in total. The van der Waals surface area contributed by atoms with Gasteiger partial charge in [0, 0.05) is 24.3 Å². The molecule has 2 saturated heterocycles. The highest BCUT2D eigenvalue weighted by Gasteiger charge is 2.08. The first-order valence-electron chi connectivity index (χ1n) is 8.45. The van der Waals surface area contributed by atoms with Gasteiger partial charge in [0.2, 0.25) is 0 Å². The molecule has 0 atom stereocenters. The zero-order chi connectivity index (χ0) is 17.9. The van der Waals surface area contributed by atoms with Crippen molar-refractivity contribution in [3.8, 4) is 0 Å². The van der Waals surface area contributed by atoms with Crippen molar-refractivity contribution in [3.63, 3.8) is 0 Å². The van der Waals surface area contributed by atoms with Crippen LogP contribution in [-0.4, -0.2) is 25.2 Å². The van der Waals surface area contributed by atoms with E-state index < -0.39 is 0 Å². The number of ether oxygens (including phenoxy) is 2. The van der Waals surface area contributed by atoms with Gasteiger partial charge in [0.15, 0.2) is 0 Å². The summed E-state index contributed by atoms with van der Waals surface area (Å²) in [4.78, 5) is 31.2. The van der Waals surface area contributed by atoms with E-state index in [1.807, 2.05) is 18.2 Å². The standard InChI is InChI=1S/C9H6O2.C6H10O2.C4H6O2/c10-9-6-5-7-3-1-2-4-8(7)11-9;7-6-4-2-1-3-5-8-6;5-4-2-1-3-6-4/h1-6H;1-5H2;1-3H2. The summed E-state index contributed by atoms with van der Waals surface area (Å²) in [7, 11) is 0. The minimum atomic E-state index is -0.302. The van der Waals surface area contributed by atoms with Crippen LogP contribution in [0.5, 0.6) is 0 Å². The summed E-state index contributed by atoms with van der Waals surface area (Å²) in [6.07, 6.45) is 5.37. The van der Waals surface area contributed by atoms with Crippen molar-refractivity contribution in [2.45, 2.75) is 38.5 Å². The van der Waals surface area contributed by atoms with Crippen molar-refractivity contribution < 1.29 is 23.5 Å². The lowest BCUT2D eigenvalue weighted by atomic mass is 10.2. The molecule has 3 heterocycles. The lowest BCUT2D eigenvalue weighted by Crippen LogP contribution is -2.00. The van der Waals surface area contributed by atoms with E-state index in [1.54, 1.807) is 12.1 Å². The van der Waals surface area contributed by atoms with Gasteiger partial charge in [-0.2, -0.15) is 0 Å². The third-order valence-corrected chi connectivity index (χ3v) is 3.61. The molecule has 6 heteroatoms. The molecule has 2 fully saturated rings. The Hall–Kier alpha value is -2.63. The van der Waals surface area contributed by atoms with Gasteiger partial charge in [0.25, 0.3) is 0 Å². The molecule has 25 heavy (non-hydrogen) atoms. The van der Waals surface area contributed by atoms with Gasteiger partial charge in [0.1, 0.15) is 5.58 Å². The third-order valence-electron chi connectivity index (χ3n) is 3.61. The van der Waals surface area contributed by atoms with Gasteiger partial charge in [-0.1, -0.05) is 18.2 Å². The summed E-state index contributed by atoms with van der Waals surface area (Å²) in [5.41, 5.74) is 0.337. The van der Waals surface area contributed by atoms with Gasteiger partial charge in [-0.25, -0.2) is 4.79 Å². The Morgan fingerprint density at radius 1 is 0.680 bits per heavy atom. The molecular formula is C19H22O6. The minimum absolute atomic E-state index is 0.0255. The van der Waals surface area contributed by atoms with Crippen LogP contribution in [0.3, 0.4) is 0 Å². The first-order valence-corrected chi connectivity index (χ1v) is 8.45. The lowest BCUT2D eigenvalue weighted by Gasteiger charge is -1.93. The van der Waals surface area contributed by atoms with Gasteiger partial charge < -0.3 is 13.9 Å². The Morgan fingerprint density at radius 2 is 1.36 bits per heavy atom. The van der Waals surface area contributed by atoms with Crippen LogP contribution in [0.1, 0.15) is 38.5 Å². The highest BCUT2D eigenvalue weighted by molar-refractivity contribution is 5.75. The van der Waals surface area contributed by atoms with E-state index in [2.05, 4.69) is 4.74 Å². The van der Waals surface area contributed by atoms with Crippen LogP contribution in [0.25, 0.3) is 11.0 Å². The molecule has 2 aliphatic heterocycles. The summed E-state index contributed by atoms with van der Waals surface area (Å²) in [5, 5.41) is 0.951. The molecule has 2 aliphatic rings. The third kappa shape index (κ3) is 7.20. The van der Waals surface area contributed by atoms with Crippen molar-refractivity contribution >= 4 is 22.9 Å². The first kappa shape index (κ1) is 18.7. The fraction of sp³-hybridized carbons (Fsp3) is 0.421. The van der Waals surface area contributed by atoms with Crippen LogP contribution in [-0.2, 0) is 19.1 Å². The van der Waals surface area contributed by atoms with Crippen LogP contribution in [0.2, 0.25) is 0 Å². The number of cyclic esters (lactones) is 2. The highest BCUT2D eigenvalue weighted by atomic mass is 16.5. The summed E-state index contributed by atoms with van der Waals surface area (Å²) < 4.78 is 14.2. The van der Waals surface area contributed by atoms with E-state index in [0.717, 1.165) is 31.1 Å². The molecule has 0 radical (unpaired) electrons. The van der Waals surface area contributed by atoms with E-state index in [9.17, 15) is 14.4 Å². The van der Waals surface area contributed by atoms with Crippen molar-refractivity contribution in [2.75, 3.05) is 13.2 Å². The number of hydrogen-bond donors (Lipinski definition) is 0. The largest absolute Gasteiger partial charge is 0.466 e. The van der Waals surface area contributed by atoms with Gasteiger partial charge >= 0.3 is 17.6 Å². The van der Waals surface area contributed by atoms with E-state index in [0.29, 0.717) is 31.6 Å². The molecule has 0 N–H and O–H groups in total. The molecule has 4 rings (SSSR count). The van der Waals surface area contributed by atoms with Crippen molar-refractivity contribution in [1.29, 1.82) is 0 Å². The molecule has 134 valence electrons. The summed E-state index contributed by atoms with van der Waals surface area (Å²) >= 11 is 0. The maximum atomic E-state index is 10.7. The topological polar surface area (TPSA) is 82.8 Å². The first-order chi connectivity index (χ1) is 12.1. The molecule has 0 amide bonds. The summed E-state index contributed by atoms with van der Waals surface area (Å²) in [5.74, 6) is -0.0718. The summed E-state index contributed by atoms with van der Waals surface area (Å²) in [6, 6.07) is 10.6. The van der Waals surface area contributed by atoms with Gasteiger partial charge in [-0.15, -0.1) is 0 Å². The summed E-state index contributed by atoms with van der Waals surface area (Å²) in [6.45, 7) is 1.28. The van der Waals surface area contributed by atoms with Gasteiger partial charge in [0.05, 0.1) is 13.2 Å². The monoisotopic (exact) mass is 346 g/mol. The fourth-order valence-electron chi connectivity index (χ4n) is 2.29. The Bertz CT molecular complexity index is 731. The van der Waals surface area contributed by atoms with Crippen molar-refractivity contribution in [2.24, 2.45) is 0 Å². The Balaban J connectivity index is 0.000000142. The zero-order valence-electron chi connectivity index (χ0n) is 14.1. The number of benzene rings is 1. The van der Waals surface area contributed by atoms with E-state index in [4.69, 9.17) is 9.15 Å². The molecule has 0 aliphatic carbocycles. The number of hydrogen-bond acceptors (Lipinski definition) is 6. The number of rotatable bonds is 0. The normalized spacial score (nSPS) is 16.5. The Morgan fingerprint density at radius 3 is 2.08 bits per heavy atom. The Kier molecular flexibility index (Phi) is 7.69. The second kappa shape index (κ2) is 10.3. The van der Waals surface area contributed by atoms with Crippen LogP contribution in [0, 0.1) is 0 Å². The van der Waals surface area contributed by atoms with Crippen molar-refractivity contribution in [1.82, 2.24) is 0 Å². The predicted molar refractivity (Wildman–Crippen MR) is 92.1 cm³/mol. The van der Waals surface area contributed by atoms with Crippen LogP contribution < -0.4 is 5.63 Å². The van der Waals surface area contributed by atoms with E-state index in [1.165, 1.54) is 6.07 Å². The number of carbonyl (C=O) groups excluding carboxylic acids is 2. The van der Waals surface area contributed by atoms with Crippen molar-refractivity contribution in [3.05, 3.63) is 46.8 Å². The highest BCUT2D eigenvalue weighted by Crippen LogP contribution is 2.09. The lowest BCUT2D eigenvalue weighted by molar-refractivity contribution is -0.142. The zero-order valence-corrected chi connectivity index (χ0v) is 14.1. The molecular weight excluding hydrogens is 324 g/mol. The van der Waals surface area contributed by atoms with Crippen LogP contribution in [0.4, 0.5) is 0 Å². The van der Waals surface area contributed by atoms with Crippen LogP contribution in [0.15, 0.2) is 45.6 Å². The molecule has 1 aromatic carbocycles. The molecule has 1 aromatic heterocycles. The molecule has 0 spiro atoms. The van der Waals surface area contributed by atoms with Crippen LogP contribution >= 0.6 is 0 Å². The fourth-order valence-corrected chi connectivity index (χ4v) is 2.29. The molecule has 2 aromatic rings. The molecule has 0 unspecified atom stereocenters.